The zero-order chi connectivity index (χ0) is 13.3. The van der Waals surface area contributed by atoms with Crippen molar-refractivity contribution in [1.82, 2.24) is 9.55 Å². The van der Waals surface area contributed by atoms with Gasteiger partial charge in [0.2, 0.25) is 0 Å². The molecule has 2 rings (SSSR count). The van der Waals surface area contributed by atoms with Crippen LogP contribution in [0.3, 0.4) is 0 Å². The molecule has 0 bridgehead atoms. The van der Waals surface area contributed by atoms with Gasteiger partial charge < -0.3 is 5.73 Å². The Bertz CT molecular complexity index is 568. The molecule has 0 spiro atoms. The second-order valence-electron chi connectivity index (χ2n) is 3.92. The monoisotopic (exact) mass is 315 g/mol. The average Bonchev–Trinajstić information content (AvgIpc) is 2.81. The van der Waals surface area contributed by atoms with Crippen molar-refractivity contribution in [3.63, 3.8) is 0 Å². The number of hydrogen-bond donors (Lipinski definition) is 1. The molecule has 0 saturated carbocycles. The van der Waals surface area contributed by atoms with E-state index in [0.717, 1.165) is 6.07 Å². The number of hydrogen-bond acceptors (Lipinski definition) is 2. The average molecular weight is 316 g/mol. The van der Waals surface area contributed by atoms with Crippen LogP contribution in [-0.2, 0) is 0 Å². The van der Waals surface area contributed by atoms with Gasteiger partial charge in [-0.2, -0.15) is 0 Å². The summed E-state index contributed by atoms with van der Waals surface area (Å²) < 4.78 is 28.7. The Morgan fingerprint density at radius 1 is 1.39 bits per heavy atom. The highest BCUT2D eigenvalue weighted by molar-refractivity contribution is 9.10. The van der Waals surface area contributed by atoms with E-state index in [1.165, 1.54) is 17.0 Å². The molecular formula is C12H12BrF2N3. The molecule has 0 unspecified atom stereocenters. The molecule has 1 atom stereocenters. The third-order valence-electron chi connectivity index (χ3n) is 2.74. The van der Waals surface area contributed by atoms with Crippen LogP contribution < -0.4 is 5.73 Å². The van der Waals surface area contributed by atoms with Crippen LogP contribution in [0.4, 0.5) is 8.78 Å². The van der Waals surface area contributed by atoms with Crippen LogP contribution in [-0.4, -0.2) is 9.55 Å². The first-order valence-corrected chi connectivity index (χ1v) is 6.26. The third kappa shape index (κ3) is 2.30. The quantitative estimate of drug-likeness (QED) is 0.883. The van der Waals surface area contributed by atoms with Gasteiger partial charge in [0.05, 0.1) is 28.4 Å². The highest BCUT2D eigenvalue weighted by atomic mass is 79.9. The molecule has 96 valence electrons. The molecule has 3 nitrogen and oxygen atoms in total. The SMILES string of the molecule is CC[C@@H](N)c1cncn1-c1cc(Br)c(F)cc1F. The number of imidazole rings is 1. The highest BCUT2D eigenvalue weighted by Crippen LogP contribution is 2.25. The van der Waals surface area contributed by atoms with Crippen LogP contribution in [0.15, 0.2) is 29.1 Å². The molecular weight excluding hydrogens is 304 g/mol. The molecule has 0 amide bonds. The van der Waals surface area contributed by atoms with E-state index in [2.05, 4.69) is 20.9 Å². The first-order chi connectivity index (χ1) is 8.54. The highest BCUT2D eigenvalue weighted by Gasteiger charge is 2.15. The molecule has 0 aliphatic rings. The Labute approximate surface area is 112 Å². The third-order valence-corrected chi connectivity index (χ3v) is 3.34. The van der Waals surface area contributed by atoms with Crippen molar-refractivity contribution in [2.24, 2.45) is 5.73 Å². The van der Waals surface area contributed by atoms with Crippen molar-refractivity contribution >= 4 is 15.9 Å². The van der Waals surface area contributed by atoms with Gasteiger partial charge in [0.1, 0.15) is 11.6 Å². The minimum absolute atomic E-state index is 0.198. The van der Waals surface area contributed by atoms with E-state index in [-0.39, 0.29) is 16.2 Å². The fourth-order valence-corrected chi connectivity index (χ4v) is 2.02. The molecule has 0 aliphatic carbocycles. The largest absolute Gasteiger partial charge is 0.323 e. The van der Waals surface area contributed by atoms with Gasteiger partial charge >= 0.3 is 0 Å². The number of nitrogens with zero attached hydrogens (tertiary/aromatic N) is 2. The van der Waals surface area contributed by atoms with E-state index in [4.69, 9.17) is 5.73 Å². The Morgan fingerprint density at radius 2 is 2.11 bits per heavy atom. The Kier molecular flexibility index (Phi) is 3.77. The van der Waals surface area contributed by atoms with E-state index < -0.39 is 11.6 Å². The van der Waals surface area contributed by atoms with Crippen molar-refractivity contribution in [2.75, 3.05) is 0 Å². The molecule has 0 saturated heterocycles. The van der Waals surface area contributed by atoms with E-state index in [1.807, 2.05) is 6.92 Å². The van der Waals surface area contributed by atoms with E-state index in [0.29, 0.717) is 12.1 Å². The van der Waals surface area contributed by atoms with E-state index in [1.54, 1.807) is 6.20 Å². The molecule has 18 heavy (non-hydrogen) atoms. The molecule has 0 aliphatic heterocycles. The molecule has 2 N–H and O–H groups in total. The van der Waals surface area contributed by atoms with Crippen LogP contribution in [0.25, 0.3) is 5.69 Å². The van der Waals surface area contributed by atoms with Crippen molar-refractivity contribution in [1.29, 1.82) is 0 Å². The van der Waals surface area contributed by atoms with Gasteiger partial charge in [0.15, 0.2) is 0 Å². The molecule has 1 heterocycles. The molecule has 0 fully saturated rings. The zero-order valence-corrected chi connectivity index (χ0v) is 11.3. The first-order valence-electron chi connectivity index (χ1n) is 5.47. The number of benzene rings is 1. The topological polar surface area (TPSA) is 43.8 Å². The smallest absolute Gasteiger partial charge is 0.150 e. The maximum absolute atomic E-state index is 13.8. The Hall–Kier alpha value is -1.27. The molecule has 1 aromatic heterocycles. The maximum Gasteiger partial charge on any atom is 0.150 e. The van der Waals surface area contributed by atoms with Gasteiger partial charge in [-0.05, 0) is 28.4 Å². The molecule has 1 aromatic carbocycles. The summed E-state index contributed by atoms with van der Waals surface area (Å²) >= 11 is 3.04. The van der Waals surface area contributed by atoms with Gasteiger partial charge in [-0.15, -0.1) is 0 Å². The normalized spacial score (nSPS) is 12.7. The van der Waals surface area contributed by atoms with Crippen LogP contribution in [0.5, 0.6) is 0 Å². The fraction of sp³-hybridized carbons (Fsp3) is 0.250. The summed E-state index contributed by atoms with van der Waals surface area (Å²) in [6, 6.07) is 1.97. The molecule has 2 aromatic rings. The number of halogens is 3. The Morgan fingerprint density at radius 3 is 2.78 bits per heavy atom. The first kappa shape index (κ1) is 13.2. The van der Waals surface area contributed by atoms with Crippen molar-refractivity contribution in [3.05, 3.63) is 46.5 Å². The minimum atomic E-state index is -0.654. The second-order valence-corrected chi connectivity index (χ2v) is 4.78. The predicted molar refractivity (Wildman–Crippen MR) is 68.4 cm³/mol. The van der Waals surface area contributed by atoms with Crippen LogP contribution in [0.2, 0.25) is 0 Å². The van der Waals surface area contributed by atoms with Gasteiger partial charge in [0.25, 0.3) is 0 Å². The fourth-order valence-electron chi connectivity index (χ4n) is 1.69. The second kappa shape index (κ2) is 5.16. The van der Waals surface area contributed by atoms with Crippen LogP contribution >= 0.6 is 15.9 Å². The van der Waals surface area contributed by atoms with Gasteiger partial charge in [-0.1, -0.05) is 6.92 Å². The van der Waals surface area contributed by atoms with Crippen LogP contribution in [0, 0.1) is 11.6 Å². The predicted octanol–water partition coefficient (Wildman–Crippen LogP) is 3.32. The summed E-state index contributed by atoms with van der Waals surface area (Å²) in [6.45, 7) is 1.93. The summed E-state index contributed by atoms with van der Waals surface area (Å²) in [5.41, 5.74) is 6.84. The van der Waals surface area contributed by atoms with E-state index >= 15 is 0 Å². The van der Waals surface area contributed by atoms with Crippen molar-refractivity contribution in [2.45, 2.75) is 19.4 Å². The standard InChI is InChI=1S/C12H12BrF2N3/c1-2-10(16)12-5-17-6-18(12)11-3-7(13)8(14)4-9(11)15/h3-6,10H,2,16H2,1H3/t10-/m1/s1. The summed E-state index contributed by atoms with van der Waals surface area (Å²) in [5, 5.41) is 0. The van der Waals surface area contributed by atoms with E-state index in [9.17, 15) is 8.78 Å². The summed E-state index contributed by atoms with van der Waals surface area (Å²) in [5.74, 6) is -1.30. The lowest BCUT2D eigenvalue weighted by atomic mass is 10.2. The lowest BCUT2D eigenvalue weighted by molar-refractivity contribution is 0.569. The number of nitrogens with two attached hydrogens (primary N) is 1. The maximum atomic E-state index is 13.8. The summed E-state index contributed by atoms with van der Waals surface area (Å²) in [7, 11) is 0. The van der Waals surface area contributed by atoms with Crippen molar-refractivity contribution in [3.8, 4) is 5.69 Å². The molecule has 0 radical (unpaired) electrons. The van der Waals surface area contributed by atoms with Gasteiger partial charge in [-0.3, -0.25) is 4.57 Å². The number of rotatable bonds is 3. The number of aromatic nitrogens is 2. The van der Waals surface area contributed by atoms with Gasteiger partial charge in [-0.25, -0.2) is 13.8 Å². The Balaban J connectivity index is 2.56. The van der Waals surface area contributed by atoms with Crippen molar-refractivity contribution < 1.29 is 8.78 Å². The van der Waals surface area contributed by atoms with Crippen LogP contribution in [0.1, 0.15) is 25.1 Å². The van der Waals surface area contributed by atoms with Gasteiger partial charge in [0, 0.05) is 12.1 Å². The summed E-state index contributed by atoms with van der Waals surface area (Å²) in [6.07, 6.45) is 3.76. The zero-order valence-electron chi connectivity index (χ0n) is 9.70. The summed E-state index contributed by atoms with van der Waals surface area (Å²) in [4.78, 5) is 3.97. The molecule has 6 heteroatoms. The lowest BCUT2D eigenvalue weighted by Crippen LogP contribution is -2.14. The minimum Gasteiger partial charge on any atom is -0.323 e. The lowest BCUT2D eigenvalue weighted by Gasteiger charge is -2.14.